The van der Waals surface area contributed by atoms with E-state index in [-0.39, 0.29) is 11.9 Å². The van der Waals surface area contributed by atoms with Gasteiger partial charge in [0.2, 0.25) is 5.91 Å². The number of aromatic nitrogens is 1. The number of nitrogens with zero attached hydrogens (tertiary/aromatic N) is 1. The van der Waals surface area contributed by atoms with E-state index in [9.17, 15) is 9.59 Å². The predicted octanol–water partition coefficient (Wildman–Crippen LogP) is 5.64. The Kier molecular flexibility index (Phi) is 6.23. The summed E-state index contributed by atoms with van der Waals surface area (Å²) in [5.74, 6) is -0.410. The third-order valence-electron chi connectivity index (χ3n) is 4.13. The molecule has 142 valence electrons. The third-order valence-corrected chi connectivity index (χ3v) is 6.37. The second kappa shape index (κ2) is 8.63. The molecule has 3 rings (SSSR count). The highest BCUT2D eigenvalue weighted by molar-refractivity contribution is 7.23. The molecule has 3 aromatic rings. The third kappa shape index (κ3) is 4.20. The van der Waals surface area contributed by atoms with Crippen molar-refractivity contribution in [3.8, 4) is 10.6 Å². The first kappa shape index (κ1) is 19.5. The van der Waals surface area contributed by atoms with E-state index in [1.165, 1.54) is 11.3 Å². The SMILES string of the molecule is CCCCC(=O)Nc1sc(C(=O)OCC)c(C)c1-c1nc2ccccc2s1. The van der Waals surface area contributed by atoms with Crippen LogP contribution in [0, 0.1) is 6.92 Å². The maximum absolute atomic E-state index is 12.4. The Labute approximate surface area is 166 Å². The summed E-state index contributed by atoms with van der Waals surface area (Å²) >= 11 is 2.82. The number of carbonyl (C=O) groups excluding carboxylic acids is 2. The van der Waals surface area contributed by atoms with E-state index in [0.717, 1.165) is 39.2 Å². The Morgan fingerprint density at radius 1 is 1.19 bits per heavy atom. The van der Waals surface area contributed by atoms with E-state index < -0.39 is 0 Å². The fourth-order valence-electron chi connectivity index (χ4n) is 2.76. The van der Waals surface area contributed by atoms with Gasteiger partial charge < -0.3 is 10.1 Å². The largest absolute Gasteiger partial charge is 0.462 e. The van der Waals surface area contributed by atoms with Crippen LogP contribution in [-0.2, 0) is 9.53 Å². The zero-order valence-corrected chi connectivity index (χ0v) is 17.3. The van der Waals surface area contributed by atoms with E-state index in [1.807, 2.05) is 38.1 Å². The van der Waals surface area contributed by atoms with Crippen molar-refractivity contribution in [1.82, 2.24) is 4.98 Å². The van der Waals surface area contributed by atoms with Crippen LogP contribution in [0.1, 0.15) is 48.3 Å². The molecule has 0 atom stereocenters. The van der Waals surface area contributed by atoms with Gasteiger partial charge in [0.1, 0.15) is 14.9 Å². The number of thiophene rings is 1. The molecule has 0 spiro atoms. The summed E-state index contributed by atoms with van der Waals surface area (Å²) in [5, 5.41) is 4.45. The minimum absolute atomic E-state index is 0.0455. The van der Waals surface area contributed by atoms with Gasteiger partial charge in [0, 0.05) is 12.0 Å². The average molecular weight is 403 g/mol. The van der Waals surface area contributed by atoms with Crippen molar-refractivity contribution < 1.29 is 14.3 Å². The van der Waals surface area contributed by atoms with Crippen LogP contribution < -0.4 is 5.32 Å². The molecule has 0 unspecified atom stereocenters. The molecule has 27 heavy (non-hydrogen) atoms. The molecule has 2 heterocycles. The van der Waals surface area contributed by atoms with Gasteiger partial charge in [0.15, 0.2) is 0 Å². The number of esters is 1. The lowest BCUT2D eigenvalue weighted by molar-refractivity contribution is -0.116. The zero-order valence-electron chi connectivity index (χ0n) is 15.6. The van der Waals surface area contributed by atoms with Crippen LogP contribution in [0.5, 0.6) is 0 Å². The van der Waals surface area contributed by atoms with Crippen molar-refractivity contribution in [3.63, 3.8) is 0 Å². The van der Waals surface area contributed by atoms with E-state index in [4.69, 9.17) is 9.72 Å². The second-order valence-corrected chi connectivity index (χ2v) is 8.17. The van der Waals surface area contributed by atoms with Gasteiger partial charge >= 0.3 is 5.97 Å². The first-order valence-corrected chi connectivity index (χ1v) is 10.6. The van der Waals surface area contributed by atoms with Gasteiger partial charge in [-0.1, -0.05) is 25.5 Å². The molecule has 0 saturated heterocycles. The van der Waals surface area contributed by atoms with Gasteiger partial charge in [0.05, 0.1) is 16.8 Å². The van der Waals surface area contributed by atoms with Crippen LogP contribution in [0.3, 0.4) is 0 Å². The molecule has 1 aromatic carbocycles. The molecule has 0 saturated carbocycles. The molecule has 0 aliphatic rings. The van der Waals surface area contributed by atoms with Gasteiger partial charge in [0.25, 0.3) is 0 Å². The lowest BCUT2D eigenvalue weighted by atomic mass is 10.1. The van der Waals surface area contributed by atoms with E-state index >= 15 is 0 Å². The van der Waals surface area contributed by atoms with Crippen LogP contribution in [0.4, 0.5) is 5.00 Å². The molecule has 0 aliphatic carbocycles. The van der Waals surface area contributed by atoms with Crippen molar-refractivity contribution in [2.75, 3.05) is 11.9 Å². The highest BCUT2D eigenvalue weighted by atomic mass is 32.1. The number of benzene rings is 1. The summed E-state index contributed by atoms with van der Waals surface area (Å²) in [7, 11) is 0. The number of carbonyl (C=O) groups is 2. The quantitative estimate of drug-likeness (QED) is 0.519. The van der Waals surface area contributed by atoms with Gasteiger partial charge in [-0.25, -0.2) is 9.78 Å². The summed E-state index contributed by atoms with van der Waals surface area (Å²) in [6.07, 6.45) is 2.24. The first-order chi connectivity index (χ1) is 13.0. The monoisotopic (exact) mass is 402 g/mol. The minimum atomic E-state index is -0.364. The molecule has 1 amide bonds. The molecule has 0 bridgehead atoms. The van der Waals surface area contributed by atoms with Crippen LogP contribution >= 0.6 is 22.7 Å². The standard InChI is InChI=1S/C20H22N2O3S2/c1-4-6-11-15(23)22-19-16(12(3)17(27-19)20(24)25-5-2)18-21-13-9-7-8-10-14(13)26-18/h7-10H,4-6,11H2,1-3H3,(H,22,23). The zero-order chi connectivity index (χ0) is 19.4. The highest BCUT2D eigenvalue weighted by Crippen LogP contribution is 2.43. The van der Waals surface area contributed by atoms with Crippen molar-refractivity contribution in [3.05, 3.63) is 34.7 Å². The number of hydrogen-bond acceptors (Lipinski definition) is 6. The van der Waals surface area contributed by atoms with Gasteiger partial charge in [-0.15, -0.1) is 22.7 Å². The number of nitrogens with one attached hydrogen (secondary N) is 1. The molecule has 5 nitrogen and oxygen atoms in total. The molecule has 0 aliphatic heterocycles. The second-order valence-electron chi connectivity index (χ2n) is 6.12. The van der Waals surface area contributed by atoms with Gasteiger partial charge in [-0.3, -0.25) is 4.79 Å². The Morgan fingerprint density at radius 3 is 2.67 bits per heavy atom. The Bertz CT molecular complexity index is 942. The maximum atomic E-state index is 12.4. The number of anilines is 1. The number of fused-ring (bicyclic) bond motifs is 1. The van der Waals surface area contributed by atoms with Crippen molar-refractivity contribution in [2.24, 2.45) is 0 Å². The van der Waals surface area contributed by atoms with Crippen molar-refractivity contribution in [1.29, 1.82) is 0 Å². The summed E-state index contributed by atoms with van der Waals surface area (Å²) in [6, 6.07) is 7.90. The number of unbranched alkanes of at least 4 members (excludes halogenated alkanes) is 1. The minimum Gasteiger partial charge on any atom is -0.462 e. The van der Waals surface area contributed by atoms with Crippen LogP contribution in [0.25, 0.3) is 20.8 Å². The highest BCUT2D eigenvalue weighted by Gasteiger charge is 2.25. The van der Waals surface area contributed by atoms with Crippen LogP contribution in [0.2, 0.25) is 0 Å². The van der Waals surface area contributed by atoms with E-state index in [2.05, 4.69) is 5.32 Å². The molecule has 0 fully saturated rings. The number of amides is 1. The molecule has 2 aromatic heterocycles. The van der Waals surface area contributed by atoms with E-state index in [0.29, 0.717) is 22.9 Å². The maximum Gasteiger partial charge on any atom is 0.348 e. The van der Waals surface area contributed by atoms with Crippen molar-refractivity contribution >= 4 is 49.8 Å². The number of hydrogen-bond donors (Lipinski definition) is 1. The number of para-hydroxylation sites is 1. The molecule has 0 radical (unpaired) electrons. The average Bonchev–Trinajstić information content (AvgIpc) is 3.20. The van der Waals surface area contributed by atoms with Gasteiger partial charge in [-0.05, 0) is 38.0 Å². The molecule has 7 heteroatoms. The fraction of sp³-hybridized carbons (Fsp3) is 0.350. The first-order valence-electron chi connectivity index (χ1n) is 9.01. The smallest absolute Gasteiger partial charge is 0.348 e. The lowest BCUT2D eigenvalue weighted by Gasteiger charge is -2.05. The number of ether oxygens (including phenoxy) is 1. The molecular formula is C20H22N2O3S2. The molecular weight excluding hydrogens is 380 g/mol. The normalized spacial score (nSPS) is 10.9. The van der Waals surface area contributed by atoms with Crippen molar-refractivity contribution in [2.45, 2.75) is 40.0 Å². The lowest BCUT2D eigenvalue weighted by Crippen LogP contribution is -2.10. The summed E-state index contributed by atoms with van der Waals surface area (Å²) < 4.78 is 6.25. The van der Waals surface area contributed by atoms with Gasteiger partial charge in [-0.2, -0.15) is 0 Å². The Balaban J connectivity index is 2.05. The Hall–Kier alpha value is -2.25. The van der Waals surface area contributed by atoms with Crippen LogP contribution in [0.15, 0.2) is 24.3 Å². The molecule has 1 N–H and O–H groups in total. The predicted molar refractivity (Wildman–Crippen MR) is 112 cm³/mol. The number of thiazole rings is 1. The Morgan fingerprint density at radius 2 is 1.96 bits per heavy atom. The summed E-state index contributed by atoms with van der Waals surface area (Å²) in [4.78, 5) is 29.9. The number of rotatable bonds is 7. The van der Waals surface area contributed by atoms with Crippen LogP contribution in [-0.4, -0.2) is 23.5 Å². The topological polar surface area (TPSA) is 68.3 Å². The summed E-state index contributed by atoms with van der Waals surface area (Å²) in [5.41, 5.74) is 2.52. The fourth-order valence-corrected chi connectivity index (χ4v) is 5.01. The van der Waals surface area contributed by atoms with E-state index in [1.54, 1.807) is 18.3 Å². The summed E-state index contributed by atoms with van der Waals surface area (Å²) in [6.45, 7) is 6.02.